The molecule has 1 N–H and O–H groups in total. The van der Waals surface area contributed by atoms with Crippen LogP contribution < -0.4 is 5.32 Å². The van der Waals surface area contributed by atoms with Gasteiger partial charge in [-0.15, -0.1) is 0 Å². The lowest BCUT2D eigenvalue weighted by molar-refractivity contribution is -0.123. The summed E-state index contributed by atoms with van der Waals surface area (Å²) in [6, 6.07) is 8.12. The van der Waals surface area contributed by atoms with Crippen molar-refractivity contribution in [1.29, 1.82) is 0 Å². The van der Waals surface area contributed by atoms with E-state index in [9.17, 15) is 4.79 Å². The highest BCUT2D eigenvalue weighted by Gasteiger charge is 2.33. The molecule has 1 aliphatic heterocycles. The lowest BCUT2D eigenvalue weighted by Gasteiger charge is -2.45. The summed E-state index contributed by atoms with van der Waals surface area (Å²) >= 11 is 0. The standard InChI is InChI=1S/C23H33N3O3/c1-16-6-8-19(9-7-16)20-12-24-22(29-20)11-10-21(27)25-15-23(4,5)26-13-17(2)28-18(3)14-26/h6-9,12,17-18H,10-11,13-15H2,1-5H3,(H,25,27). The van der Waals surface area contributed by atoms with E-state index in [1.807, 2.05) is 24.3 Å². The quantitative estimate of drug-likeness (QED) is 0.771. The van der Waals surface area contributed by atoms with Gasteiger partial charge < -0.3 is 14.5 Å². The predicted octanol–water partition coefficient (Wildman–Crippen LogP) is 3.59. The zero-order valence-electron chi connectivity index (χ0n) is 18.2. The molecular formula is C23H33N3O3. The average molecular weight is 400 g/mol. The molecule has 0 radical (unpaired) electrons. The molecule has 2 atom stereocenters. The molecule has 3 rings (SSSR count). The Bertz CT molecular complexity index is 803. The number of ether oxygens (including phenoxy) is 1. The van der Waals surface area contributed by atoms with Gasteiger partial charge in [0, 0.05) is 43.6 Å². The zero-order valence-corrected chi connectivity index (χ0v) is 18.2. The van der Waals surface area contributed by atoms with Crippen molar-refractivity contribution < 1.29 is 13.9 Å². The highest BCUT2D eigenvalue weighted by Crippen LogP contribution is 2.22. The normalized spacial score (nSPS) is 20.6. The van der Waals surface area contributed by atoms with E-state index in [1.54, 1.807) is 6.20 Å². The fourth-order valence-electron chi connectivity index (χ4n) is 3.68. The van der Waals surface area contributed by atoms with E-state index in [2.05, 4.69) is 49.8 Å². The third kappa shape index (κ3) is 5.90. The van der Waals surface area contributed by atoms with Crippen molar-refractivity contribution in [2.45, 2.75) is 65.2 Å². The van der Waals surface area contributed by atoms with Crippen molar-refractivity contribution in [2.75, 3.05) is 19.6 Å². The second-order valence-electron chi connectivity index (χ2n) is 8.74. The van der Waals surface area contributed by atoms with Gasteiger partial charge in [0.1, 0.15) is 0 Å². The monoisotopic (exact) mass is 399 g/mol. The van der Waals surface area contributed by atoms with Crippen molar-refractivity contribution in [3.63, 3.8) is 0 Å². The number of rotatable bonds is 7. The van der Waals surface area contributed by atoms with E-state index in [-0.39, 0.29) is 23.7 Å². The van der Waals surface area contributed by atoms with Gasteiger partial charge in [0.15, 0.2) is 11.7 Å². The van der Waals surface area contributed by atoms with Gasteiger partial charge in [0.25, 0.3) is 0 Å². The van der Waals surface area contributed by atoms with Crippen LogP contribution in [-0.4, -0.2) is 53.2 Å². The number of carbonyl (C=O) groups is 1. The van der Waals surface area contributed by atoms with Crippen LogP contribution >= 0.6 is 0 Å². The Hall–Kier alpha value is -2.18. The van der Waals surface area contributed by atoms with Crippen molar-refractivity contribution in [3.05, 3.63) is 41.9 Å². The lowest BCUT2D eigenvalue weighted by atomic mass is 10.00. The SMILES string of the molecule is Cc1ccc(-c2cnc(CCC(=O)NCC(C)(C)N3CC(C)OC(C)C3)o2)cc1. The van der Waals surface area contributed by atoms with Crippen LogP contribution in [0.4, 0.5) is 0 Å². The average Bonchev–Trinajstić information content (AvgIpc) is 3.13. The second kappa shape index (κ2) is 9.09. The van der Waals surface area contributed by atoms with Crippen LogP contribution in [0.25, 0.3) is 11.3 Å². The molecule has 2 aromatic rings. The Kier molecular flexibility index (Phi) is 6.75. The largest absolute Gasteiger partial charge is 0.441 e. The minimum Gasteiger partial charge on any atom is -0.441 e. The van der Waals surface area contributed by atoms with E-state index in [0.717, 1.165) is 24.4 Å². The van der Waals surface area contributed by atoms with Crippen LogP contribution in [-0.2, 0) is 16.0 Å². The Labute approximate surface area is 173 Å². The number of carbonyl (C=O) groups excluding carboxylic acids is 1. The molecule has 1 fully saturated rings. The van der Waals surface area contributed by atoms with Gasteiger partial charge in [-0.1, -0.05) is 29.8 Å². The first-order valence-electron chi connectivity index (χ1n) is 10.4. The summed E-state index contributed by atoms with van der Waals surface area (Å²) in [5.74, 6) is 1.34. The number of aromatic nitrogens is 1. The number of amides is 1. The van der Waals surface area contributed by atoms with Crippen molar-refractivity contribution >= 4 is 5.91 Å². The Balaban J connectivity index is 1.47. The summed E-state index contributed by atoms with van der Waals surface area (Å²) in [6.07, 6.45) is 2.99. The first-order valence-corrected chi connectivity index (χ1v) is 10.4. The van der Waals surface area contributed by atoms with E-state index in [4.69, 9.17) is 9.15 Å². The maximum absolute atomic E-state index is 12.4. The van der Waals surface area contributed by atoms with Crippen molar-refractivity contribution in [3.8, 4) is 11.3 Å². The molecule has 0 saturated carbocycles. The summed E-state index contributed by atoms with van der Waals surface area (Å²) in [7, 11) is 0. The Morgan fingerprint density at radius 1 is 1.21 bits per heavy atom. The zero-order chi connectivity index (χ0) is 21.0. The van der Waals surface area contributed by atoms with Crippen molar-refractivity contribution in [1.82, 2.24) is 15.2 Å². The number of hydrogen-bond donors (Lipinski definition) is 1. The predicted molar refractivity (Wildman–Crippen MR) is 114 cm³/mol. The fraction of sp³-hybridized carbons (Fsp3) is 0.565. The van der Waals surface area contributed by atoms with Crippen LogP contribution in [0.2, 0.25) is 0 Å². The molecule has 0 bridgehead atoms. The molecule has 1 amide bonds. The van der Waals surface area contributed by atoms with Crippen LogP contribution in [0.3, 0.4) is 0 Å². The minimum atomic E-state index is -0.122. The van der Waals surface area contributed by atoms with E-state index >= 15 is 0 Å². The number of morpholine rings is 1. The molecule has 1 aromatic carbocycles. The number of nitrogens with one attached hydrogen (secondary N) is 1. The molecule has 1 aliphatic rings. The summed E-state index contributed by atoms with van der Waals surface area (Å²) in [5, 5.41) is 3.07. The molecule has 0 aliphatic carbocycles. The first kappa shape index (κ1) is 21.5. The Morgan fingerprint density at radius 2 is 1.86 bits per heavy atom. The van der Waals surface area contributed by atoms with Gasteiger partial charge in [-0.2, -0.15) is 0 Å². The molecule has 1 saturated heterocycles. The highest BCUT2D eigenvalue weighted by molar-refractivity contribution is 5.76. The molecular weight excluding hydrogens is 366 g/mol. The van der Waals surface area contributed by atoms with Crippen LogP contribution in [0, 0.1) is 6.92 Å². The highest BCUT2D eigenvalue weighted by atomic mass is 16.5. The lowest BCUT2D eigenvalue weighted by Crippen LogP contribution is -2.58. The van der Waals surface area contributed by atoms with Crippen LogP contribution in [0.5, 0.6) is 0 Å². The minimum absolute atomic E-state index is 0.0162. The molecule has 158 valence electrons. The number of oxazole rings is 1. The van der Waals surface area contributed by atoms with E-state index in [0.29, 0.717) is 25.3 Å². The Morgan fingerprint density at radius 3 is 2.52 bits per heavy atom. The maximum atomic E-state index is 12.4. The van der Waals surface area contributed by atoms with E-state index < -0.39 is 0 Å². The molecule has 6 heteroatoms. The first-order chi connectivity index (χ1) is 13.7. The second-order valence-corrected chi connectivity index (χ2v) is 8.74. The summed E-state index contributed by atoms with van der Waals surface area (Å²) in [6.45, 7) is 12.9. The molecule has 29 heavy (non-hydrogen) atoms. The molecule has 2 heterocycles. The van der Waals surface area contributed by atoms with Gasteiger partial charge in [0.2, 0.25) is 5.91 Å². The molecule has 0 spiro atoms. The van der Waals surface area contributed by atoms with Crippen molar-refractivity contribution in [2.24, 2.45) is 0 Å². The summed E-state index contributed by atoms with van der Waals surface area (Å²) in [5.41, 5.74) is 2.08. The fourth-order valence-corrected chi connectivity index (χ4v) is 3.68. The number of nitrogens with zero attached hydrogens (tertiary/aromatic N) is 2. The molecule has 2 unspecified atom stereocenters. The number of hydrogen-bond acceptors (Lipinski definition) is 5. The number of benzene rings is 1. The van der Waals surface area contributed by atoms with Gasteiger partial charge in [-0.25, -0.2) is 4.98 Å². The summed E-state index contributed by atoms with van der Waals surface area (Å²) in [4.78, 5) is 19.1. The third-order valence-electron chi connectivity index (χ3n) is 5.45. The molecule has 1 aromatic heterocycles. The van der Waals surface area contributed by atoms with Gasteiger partial charge in [0.05, 0.1) is 18.4 Å². The topological polar surface area (TPSA) is 67.6 Å². The summed E-state index contributed by atoms with van der Waals surface area (Å²) < 4.78 is 11.6. The van der Waals surface area contributed by atoms with Crippen LogP contribution in [0.15, 0.2) is 34.9 Å². The number of aryl methyl sites for hydroxylation is 2. The van der Waals surface area contributed by atoms with E-state index in [1.165, 1.54) is 5.56 Å². The van der Waals surface area contributed by atoms with Gasteiger partial charge in [-0.05, 0) is 34.6 Å². The smallest absolute Gasteiger partial charge is 0.220 e. The third-order valence-corrected chi connectivity index (χ3v) is 5.45. The molecule has 6 nitrogen and oxygen atoms in total. The maximum Gasteiger partial charge on any atom is 0.220 e. The van der Waals surface area contributed by atoms with Gasteiger partial charge >= 0.3 is 0 Å². The van der Waals surface area contributed by atoms with Crippen LogP contribution in [0.1, 0.15) is 45.6 Å². The van der Waals surface area contributed by atoms with Gasteiger partial charge in [-0.3, -0.25) is 9.69 Å².